The molecule has 0 aromatic rings. The van der Waals surface area contributed by atoms with Gasteiger partial charge in [0.25, 0.3) is 0 Å². The van der Waals surface area contributed by atoms with Gasteiger partial charge in [-0.05, 0) is 91.4 Å². The predicted molar refractivity (Wildman–Crippen MR) is 121 cm³/mol. The highest BCUT2D eigenvalue weighted by molar-refractivity contribution is 5.88. The molecule has 2 heteroatoms. The molecule has 0 radical (unpaired) electrons. The van der Waals surface area contributed by atoms with Crippen molar-refractivity contribution in [1.29, 1.82) is 0 Å². The second kappa shape index (κ2) is 13.4. The number of hydrogen-bond donors (Lipinski definition) is 0. The Balaban J connectivity index is 2.99. The Bertz CT molecular complexity index is 639. The van der Waals surface area contributed by atoms with Crippen LogP contribution in [-0.2, 0) is 9.53 Å². The zero-order valence-electron chi connectivity index (χ0n) is 18.8. The summed E-state index contributed by atoms with van der Waals surface area (Å²) >= 11 is 0. The normalized spacial score (nSPS) is 25.0. The Morgan fingerprint density at radius 1 is 1.11 bits per heavy atom. The molecule has 1 aliphatic carbocycles. The van der Waals surface area contributed by atoms with E-state index in [1.165, 1.54) is 29.4 Å². The number of hydrogen-bond acceptors (Lipinski definition) is 2. The Labute approximate surface area is 173 Å². The molecule has 0 saturated heterocycles. The van der Waals surface area contributed by atoms with Crippen molar-refractivity contribution in [2.24, 2.45) is 5.92 Å². The van der Waals surface area contributed by atoms with Crippen LogP contribution in [0.2, 0.25) is 0 Å². The minimum atomic E-state index is -0.192. The number of esters is 1. The van der Waals surface area contributed by atoms with E-state index in [0.29, 0.717) is 5.92 Å². The van der Waals surface area contributed by atoms with Gasteiger partial charge in [-0.2, -0.15) is 0 Å². The highest BCUT2D eigenvalue weighted by Crippen LogP contribution is 2.28. The summed E-state index contributed by atoms with van der Waals surface area (Å²) in [5.41, 5.74) is 6.32. The molecule has 0 amide bonds. The maximum Gasteiger partial charge on any atom is 0.333 e. The largest absolute Gasteiger partial charge is 0.466 e. The Kier molecular flexibility index (Phi) is 11.6. The van der Waals surface area contributed by atoms with Crippen LogP contribution in [0.25, 0.3) is 0 Å². The lowest BCUT2D eigenvalue weighted by Crippen LogP contribution is -2.08. The number of methoxy groups -OCH3 is 1. The van der Waals surface area contributed by atoms with Crippen LogP contribution >= 0.6 is 0 Å². The van der Waals surface area contributed by atoms with Crippen LogP contribution < -0.4 is 0 Å². The van der Waals surface area contributed by atoms with Gasteiger partial charge in [-0.25, -0.2) is 4.79 Å². The van der Waals surface area contributed by atoms with Crippen molar-refractivity contribution in [3.63, 3.8) is 0 Å². The maximum atomic E-state index is 12.2. The summed E-state index contributed by atoms with van der Waals surface area (Å²) in [4.78, 5) is 12.2. The van der Waals surface area contributed by atoms with Crippen molar-refractivity contribution >= 4 is 5.97 Å². The second-order valence-corrected chi connectivity index (χ2v) is 8.35. The predicted octanol–water partition coefficient (Wildman–Crippen LogP) is 7.64. The summed E-state index contributed by atoms with van der Waals surface area (Å²) in [5, 5.41) is 0. The Morgan fingerprint density at radius 2 is 1.75 bits per heavy atom. The number of ether oxygens (including phenoxy) is 1. The molecule has 0 spiro atoms. The molecule has 1 aliphatic rings. The van der Waals surface area contributed by atoms with Gasteiger partial charge < -0.3 is 4.74 Å². The second-order valence-electron chi connectivity index (χ2n) is 8.35. The van der Waals surface area contributed by atoms with Gasteiger partial charge in [0.2, 0.25) is 0 Å². The summed E-state index contributed by atoms with van der Waals surface area (Å²) in [6, 6.07) is 0. The molecule has 1 atom stereocenters. The van der Waals surface area contributed by atoms with Crippen molar-refractivity contribution in [1.82, 2.24) is 0 Å². The Morgan fingerprint density at radius 3 is 2.39 bits per heavy atom. The quantitative estimate of drug-likeness (QED) is 0.359. The minimum absolute atomic E-state index is 0.192. The van der Waals surface area contributed by atoms with Gasteiger partial charge in [-0.15, -0.1) is 0 Å². The van der Waals surface area contributed by atoms with Crippen LogP contribution in [0.15, 0.2) is 58.7 Å². The molecule has 0 fully saturated rings. The first-order valence-corrected chi connectivity index (χ1v) is 10.7. The molecule has 0 heterocycles. The lowest BCUT2D eigenvalue weighted by atomic mass is 9.86. The number of carbonyl (C=O) groups excluding carboxylic acids is 1. The van der Waals surface area contributed by atoms with Crippen LogP contribution in [0.1, 0.15) is 85.5 Å². The van der Waals surface area contributed by atoms with E-state index in [9.17, 15) is 4.79 Å². The van der Waals surface area contributed by atoms with Crippen LogP contribution in [0.3, 0.4) is 0 Å². The molecule has 0 unspecified atom stereocenters. The third kappa shape index (κ3) is 9.92. The van der Waals surface area contributed by atoms with Crippen LogP contribution in [0.5, 0.6) is 0 Å². The van der Waals surface area contributed by atoms with E-state index in [0.717, 1.165) is 63.4 Å². The first-order valence-electron chi connectivity index (χ1n) is 10.7. The molecule has 1 rings (SSSR count). The van der Waals surface area contributed by atoms with Gasteiger partial charge in [-0.3, -0.25) is 0 Å². The zero-order valence-corrected chi connectivity index (χ0v) is 18.8. The molecule has 0 aliphatic heterocycles. The van der Waals surface area contributed by atoms with Gasteiger partial charge >= 0.3 is 5.97 Å². The summed E-state index contributed by atoms with van der Waals surface area (Å²) < 4.78 is 5.02. The lowest BCUT2D eigenvalue weighted by molar-refractivity contribution is -0.136. The third-order valence-corrected chi connectivity index (χ3v) is 5.52. The van der Waals surface area contributed by atoms with Crippen molar-refractivity contribution in [3.05, 3.63) is 58.7 Å². The Hall–Kier alpha value is -1.83. The molecule has 156 valence electrons. The van der Waals surface area contributed by atoms with Crippen molar-refractivity contribution in [2.45, 2.75) is 85.5 Å². The topological polar surface area (TPSA) is 26.3 Å². The fourth-order valence-electron chi connectivity index (χ4n) is 3.57. The summed E-state index contributed by atoms with van der Waals surface area (Å²) in [7, 11) is 1.47. The molecular weight excluding hydrogens is 344 g/mol. The number of allylic oxidation sites excluding steroid dienone is 8. The molecule has 2 nitrogen and oxygen atoms in total. The summed E-state index contributed by atoms with van der Waals surface area (Å²) in [6.45, 7) is 13.1. The average molecular weight is 385 g/mol. The lowest BCUT2D eigenvalue weighted by Gasteiger charge is -2.19. The van der Waals surface area contributed by atoms with E-state index < -0.39 is 0 Å². The number of carbonyl (C=O) groups is 1. The molecule has 0 bridgehead atoms. The van der Waals surface area contributed by atoms with Gasteiger partial charge in [0.05, 0.1) is 7.11 Å². The van der Waals surface area contributed by atoms with Gasteiger partial charge in [0, 0.05) is 5.57 Å². The monoisotopic (exact) mass is 384 g/mol. The van der Waals surface area contributed by atoms with Gasteiger partial charge in [0.15, 0.2) is 0 Å². The molecule has 0 aromatic heterocycles. The minimum Gasteiger partial charge on any atom is -0.466 e. The van der Waals surface area contributed by atoms with Gasteiger partial charge in [-0.1, -0.05) is 53.2 Å². The fraction of sp³-hybridized carbons (Fsp3) is 0.577. The molecular formula is C26H40O2. The van der Waals surface area contributed by atoms with Crippen LogP contribution in [0.4, 0.5) is 0 Å². The van der Waals surface area contributed by atoms with E-state index in [1.807, 2.05) is 0 Å². The standard InChI is InChI=1S/C26H40O2/c1-20(2)10-7-14-23(5)24-17-16-22(4)12-8-11-21(3)13-9-15-25(19-18-24)26(27)28-6/h10,12-13,19,24H,5,7-9,11,14-18H2,1-4,6H3/b21-13+,22-12+,25-19+/t24-/m1/s1. The zero-order chi connectivity index (χ0) is 20.9. The van der Waals surface area contributed by atoms with Crippen molar-refractivity contribution < 1.29 is 9.53 Å². The van der Waals surface area contributed by atoms with E-state index >= 15 is 0 Å². The molecule has 28 heavy (non-hydrogen) atoms. The maximum absolute atomic E-state index is 12.2. The number of rotatable bonds is 5. The van der Waals surface area contributed by atoms with Crippen LogP contribution in [0, 0.1) is 5.92 Å². The smallest absolute Gasteiger partial charge is 0.333 e. The van der Waals surface area contributed by atoms with E-state index in [2.05, 4.69) is 58.6 Å². The fourth-order valence-corrected chi connectivity index (χ4v) is 3.57. The van der Waals surface area contributed by atoms with Gasteiger partial charge in [0.1, 0.15) is 0 Å². The first kappa shape index (κ1) is 24.2. The highest BCUT2D eigenvalue weighted by Gasteiger charge is 2.15. The summed E-state index contributed by atoms with van der Waals surface area (Å²) in [5.74, 6) is 0.219. The van der Waals surface area contributed by atoms with E-state index in [4.69, 9.17) is 4.74 Å². The summed E-state index contributed by atoms with van der Waals surface area (Å²) in [6.07, 6.45) is 18.0. The van der Waals surface area contributed by atoms with Crippen molar-refractivity contribution in [3.8, 4) is 0 Å². The molecule has 0 N–H and O–H groups in total. The third-order valence-electron chi connectivity index (χ3n) is 5.52. The average Bonchev–Trinajstić information content (AvgIpc) is 2.64. The highest BCUT2D eigenvalue weighted by atomic mass is 16.5. The van der Waals surface area contributed by atoms with Crippen molar-refractivity contribution in [2.75, 3.05) is 7.11 Å². The van der Waals surface area contributed by atoms with E-state index in [1.54, 1.807) is 0 Å². The SMILES string of the molecule is C=C(CCC=C(C)C)[C@H]1C/C=C(/C(=O)OC)CC/C=C(\C)CC/C=C(\C)CC1. The molecule has 0 saturated carbocycles. The molecule has 0 aromatic carbocycles. The van der Waals surface area contributed by atoms with E-state index in [-0.39, 0.29) is 5.97 Å². The first-order chi connectivity index (χ1) is 13.3. The van der Waals surface area contributed by atoms with Crippen LogP contribution in [-0.4, -0.2) is 13.1 Å².